The third kappa shape index (κ3) is 2.78. The summed E-state index contributed by atoms with van der Waals surface area (Å²) in [6.45, 7) is 3.64. The minimum atomic E-state index is 0.384. The predicted octanol–water partition coefficient (Wildman–Crippen LogP) is 4.02. The monoisotopic (exact) mass is 292 g/mol. The molecular weight excluding hydrogens is 283 g/mol. The highest BCUT2D eigenvalue weighted by molar-refractivity contribution is 6.36. The van der Waals surface area contributed by atoms with Crippen LogP contribution in [-0.4, -0.2) is 10.2 Å². The summed E-state index contributed by atoms with van der Waals surface area (Å²) < 4.78 is 0. The van der Waals surface area contributed by atoms with Gasteiger partial charge >= 0.3 is 0 Å². The van der Waals surface area contributed by atoms with Crippen LogP contribution < -0.4 is 5.32 Å². The number of hydrogen-bond donors (Lipinski definition) is 1. The van der Waals surface area contributed by atoms with Crippen LogP contribution in [0.5, 0.6) is 0 Å². The summed E-state index contributed by atoms with van der Waals surface area (Å²) in [4.78, 5) is 0. The van der Waals surface area contributed by atoms with Gasteiger partial charge in [0.1, 0.15) is 11.6 Å². The molecule has 0 fully saturated rings. The molecule has 0 unspecified atom stereocenters. The summed E-state index contributed by atoms with van der Waals surface area (Å²) in [6, 6.07) is 7.17. The molecule has 0 bridgehead atoms. The van der Waals surface area contributed by atoms with Crippen LogP contribution in [0.2, 0.25) is 10.0 Å². The van der Waals surface area contributed by atoms with E-state index in [2.05, 4.69) is 21.6 Å². The maximum atomic E-state index is 9.20. The Kier molecular flexibility index (Phi) is 3.89. The van der Waals surface area contributed by atoms with Gasteiger partial charge in [0.2, 0.25) is 0 Å². The minimum Gasteiger partial charge on any atom is -0.336 e. The lowest BCUT2D eigenvalue weighted by Gasteiger charge is -2.10. The van der Waals surface area contributed by atoms with Crippen molar-refractivity contribution in [1.29, 1.82) is 5.26 Å². The van der Waals surface area contributed by atoms with Gasteiger partial charge in [-0.05, 0) is 37.6 Å². The van der Waals surface area contributed by atoms with E-state index >= 15 is 0 Å². The summed E-state index contributed by atoms with van der Waals surface area (Å²) in [5.41, 5.74) is 2.60. The molecule has 2 aromatic rings. The molecule has 96 valence electrons. The Balaban J connectivity index is 2.44. The summed E-state index contributed by atoms with van der Waals surface area (Å²) >= 11 is 11.9. The molecule has 1 N–H and O–H groups in total. The van der Waals surface area contributed by atoms with E-state index < -0.39 is 0 Å². The van der Waals surface area contributed by atoms with E-state index in [1.807, 2.05) is 13.8 Å². The van der Waals surface area contributed by atoms with Crippen LogP contribution in [0, 0.1) is 25.2 Å². The van der Waals surface area contributed by atoms with Gasteiger partial charge < -0.3 is 5.32 Å². The number of nitrogens with one attached hydrogen (secondary N) is 1. The summed E-state index contributed by atoms with van der Waals surface area (Å²) in [6.07, 6.45) is 0. The normalized spacial score (nSPS) is 10.1. The van der Waals surface area contributed by atoms with Gasteiger partial charge in [-0.2, -0.15) is 10.4 Å². The van der Waals surface area contributed by atoms with Gasteiger partial charge in [0.05, 0.1) is 16.4 Å². The maximum Gasteiger partial charge on any atom is 0.171 e. The number of nitrogens with zero attached hydrogens (tertiary/aromatic N) is 3. The van der Waals surface area contributed by atoms with Crippen LogP contribution in [0.15, 0.2) is 18.2 Å². The molecule has 0 spiro atoms. The third-order valence-corrected chi connectivity index (χ3v) is 3.30. The van der Waals surface area contributed by atoms with Gasteiger partial charge in [0, 0.05) is 5.02 Å². The molecule has 19 heavy (non-hydrogen) atoms. The fourth-order valence-corrected chi connectivity index (χ4v) is 2.01. The topological polar surface area (TPSA) is 61.6 Å². The van der Waals surface area contributed by atoms with Crippen LogP contribution in [0.25, 0.3) is 0 Å². The standard InChI is InChI=1S/C13H10Cl2N4/c1-7-8(2)18-19-13(10(7)6-16)17-12-4-3-9(14)5-11(12)15/h3-5H,1-2H3,(H,17,19). The fraction of sp³-hybridized carbons (Fsp3) is 0.154. The van der Waals surface area contributed by atoms with Gasteiger partial charge in [-0.25, -0.2) is 0 Å². The van der Waals surface area contributed by atoms with Gasteiger partial charge in [0.25, 0.3) is 0 Å². The first-order chi connectivity index (χ1) is 9.02. The Morgan fingerprint density at radius 1 is 1.21 bits per heavy atom. The van der Waals surface area contributed by atoms with Crippen molar-refractivity contribution in [3.05, 3.63) is 45.1 Å². The van der Waals surface area contributed by atoms with Crippen molar-refractivity contribution in [2.24, 2.45) is 0 Å². The highest BCUT2D eigenvalue weighted by Crippen LogP contribution is 2.29. The average molecular weight is 293 g/mol. The molecule has 1 aromatic carbocycles. The average Bonchev–Trinajstić information content (AvgIpc) is 2.37. The maximum absolute atomic E-state index is 9.20. The van der Waals surface area contributed by atoms with Crippen molar-refractivity contribution in [2.75, 3.05) is 5.32 Å². The molecule has 0 aliphatic rings. The van der Waals surface area contributed by atoms with E-state index in [1.165, 1.54) is 0 Å². The molecule has 0 radical (unpaired) electrons. The molecule has 0 saturated carbocycles. The van der Waals surface area contributed by atoms with Crippen LogP contribution in [0.3, 0.4) is 0 Å². The first kappa shape index (κ1) is 13.6. The highest BCUT2D eigenvalue weighted by atomic mass is 35.5. The van der Waals surface area contributed by atoms with Gasteiger partial charge in [0.15, 0.2) is 5.82 Å². The number of hydrogen-bond acceptors (Lipinski definition) is 4. The smallest absolute Gasteiger partial charge is 0.171 e. The second-order valence-corrected chi connectivity index (χ2v) is 4.84. The summed E-state index contributed by atoms with van der Waals surface area (Å²) in [7, 11) is 0. The number of anilines is 2. The summed E-state index contributed by atoms with van der Waals surface area (Å²) in [5, 5.41) is 21.2. The first-order valence-corrected chi connectivity index (χ1v) is 6.24. The fourth-order valence-electron chi connectivity index (χ4n) is 1.55. The molecular formula is C13H10Cl2N4. The van der Waals surface area contributed by atoms with E-state index in [0.29, 0.717) is 27.1 Å². The Hall–Kier alpha value is -1.83. The van der Waals surface area contributed by atoms with E-state index in [0.717, 1.165) is 11.3 Å². The minimum absolute atomic E-state index is 0.384. The molecule has 1 heterocycles. The quantitative estimate of drug-likeness (QED) is 0.908. The van der Waals surface area contributed by atoms with Gasteiger partial charge in [-0.3, -0.25) is 0 Å². The van der Waals surface area contributed by atoms with Gasteiger partial charge in [-0.15, -0.1) is 5.10 Å². The van der Waals surface area contributed by atoms with E-state index in [9.17, 15) is 5.26 Å². The molecule has 0 aliphatic carbocycles. The zero-order valence-electron chi connectivity index (χ0n) is 10.3. The number of aromatic nitrogens is 2. The Morgan fingerprint density at radius 2 is 1.95 bits per heavy atom. The molecule has 0 saturated heterocycles. The van der Waals surface area contributed by atoms with E-state index in [1.54, 1.807) is 18.2 Å². The van der Waals surface area contributed by atoms with Crippen LogP contribution >= 0.6 is 23.2 Å². The Bertz CT molecular complexity index is 677. The Labute approximate surface area is 121 Å². The van der Waals surface area contributed by atoms with Crippen molar-refractivity contribution < 1.29 is 0 Å². The number of rotatable bonds is 2. The Morgan fingerprint density at radius 3 is 2.58 bits per heavy atom. The zero-order chi connectivity index (χ0) is 14.0. The second-order valence-electron chi connectivity index (χ2n) is 3.99. The molecule has 4 nitrogen and oxygen atoms in total. The lowest BCUT2D eigenvalue weighted by molar-refractivity contribution is 0.960. The molecule has 1 aromatic heterocycles. The number of nitriles is 1. The van der Waals surface area contributed by atoms with Crippen LogP contribution in [0.4, 0.5) is 11.5 Å². The predicted molar refractivity (Wildman–Crippen MR) is 76.0 cm³/mol. The molecule has 0 amide bonds. The van der Waals surface area contributed by atoms with Crippen molar-refractivity contribution >= 4 is 34.7 Å². The van der Waals surface area contributed by atoms with E-state index in [4.69, 9.17) is 23.2 Å². The van der Waals surface area contributed by atoms with Crippen LogP contribution in [0.1, 0.15) is 16.8 Å². The lowest BCUT2D eigenvalue weighted by Crippen LogP contribution is -2.03. The first-order valence-electron chi connectivity index (χ1n) is 5.49. The molecule has 0 atom stereocenters. The van der Waals surface area contributed by atoms with Crippen molar-refractivity contribution in [3.8, 4) is 6.07 Å². The third-order valence-electron chi connectivity index (χ3n) is 2.75. The molecule has 6 heteroatoms. The number of aryl methyl sites for hydroxylation is 1. The SMILES string of the molecule is Cc1nnc(Nc2ccc(Cl)cc2Cl)c(C#N)c1C. The van der Waals surface area contributed by atoms with E-state index in [-0.39, 0.29) is 0 Å². The van der Waals surface area contributed by atoms with Gasteiger partial charge in [-0.1, -0.05) is 23.2 Å². The number of halogens is 2. The van der Waals surface area contributed by atoms with Crippen molar-refractivity contribution in [1.82, 2.24) is 10.2 Å². The number of benzene rings is 1. The largest absolute Gasteiger partial charge is 0.336 e. The van der Waals surface area contributed by atoms with Crippen molar-refractivity contribution in [3.63, 3.8) is 0 Å². The summed E-state index contributed by atoms with van der Waals surface area (Å²) in [5.74, 6) is 0.384. The highest BCUT2D eigenvalue weighted by Gasteiger charge is 2.12. The molecule has 2 rings (SSSR count). The lowest BCUT2D eigenvalue weighted by atomic mass is 10.1. The zero-order valence-corrected chi connectivity index (χ0v) is 11.8. The second kappa shape index (κ2) is 5.43. The van der Waals surface area contributed by atoms with Crippen LogP contribution in [-0.2, 0) is 0 Å². The van der Waals surface area contributed by atoms with Crippen molar-refractivity contribution in [2.45, 2.75) is 13.8 Å². The molecule has 0 aliphatic heterocycles.